The van der Waals surface area contributed by atoms with Gasteiger partial charge in [-0.15, -0.1) is 0 Å². The minimum absolute atomic E-state index is 0.154. The standard InChI is InChI=1S/C10H15NO4/c1-13-8-4-7(11-6-12)5-9(14-2)10(8)15-3/h4-5,11-12H,6H2,1-3H3. The molecule has 0 aliphatic carbocycles. The van der Waals surface area contributed by atoms with Gasteiger partial charge in [-0.25, -0.2) is 0 Å². The highest BCUT2D eigenvalue weighted by atomic mass is 16.5. The monoisotopic (exact) mass is 213 g/mol. The van der Waals surface area contributed by atoms with Gasteiger partial charge in [0.2, 0.25) is 5.75 Å². The van der Waals surface area contributed by atoms with Gasteiger partial charge in [-0.3, -0.25) is 0 Å². The number of benzene rings is 1. The third-order valence-electron chi connectivity index (χ3n) is 1.95. The Hall–Kier alpha value is -1.62. The quantitative estimate of drug-likeness (QED) is 0.716. The number of aliphatic hydroxyl groups excluding tert-OH is 1. The number of rotatable bonds is 5. The van der Waals surface area contributed by atoms with Crippen LogP contribution in [-0.2, 0) is 0 Å². The predicted molar refractivity (Wildman–Crippen MR) is 56.8 cm³/mol. The predicted octanol–water partition coefficient (Wildman–Crippen LogP) is 1.07. The Morgan fingerprint density at radius 1 is 1.07 bits per heavy atom. The van der Waals surface area contributed by atoms with Crippen LogP contribution in [-0.4, -0.2) is 33.2 Å². The van der Waals surface area contributed by atoms with E-state index in [2.05, 4.69) is 5.32 Å². The van der Waals surface area contributed by atoms with Crippen LogP contribution in [0, 0.1) is 0 Å². The summed E-state index contributed by atoms with van der Waals surface area (Å²) in [7, 11) is 4.62. The summed E-state index contributed by atoms with van der Waals surface area (Å²) in [6, 6.07) is 3.44. The van der Waals surface area contributed by atoms with Gasteiger partial charge in [0.25, 0.3) is 0 Å². The first-order valence-corrected chi connectivity index (χ1v) is 4.41. The van der Waals surface area contributed by atoms with Crippen molar-refractivity contribution in [3.05, 3.63) is 12.1 Å². The van der Waals surface area contributed by atoms with Crippen molar-refractivity contribution >= 4 is 5.69 Å². The van der Waals surface area contributed by atoms with E-state index in [4.69, 9.17) is 19.3 Å². The Kier molecular flexibility index (Phi) is 4.05. The van der Waals surface area contributed by atoms with Gasteiger partial charge < -0.3 is 24.6 Å². The zero-order valence-electron chi connectivity index (χ0n) is 9.03. The molecule has 1 aromatic carbocycles. The lowest BCUT2D eigenvalue weighted by Crippen LogP contribution is -2.01. The highest BCUT2D eigenvalue weighted by Gasteiger charge is 2.12. The smallest absolute Gasteiger partial charge is 0.203 e. The molecule has 0 bridgehead atoms. The first-order chi connectivity index (χ1) is 7.26. The minimum atomic E-state index is -0.154. The van der Waals surface area contributed by atoms with E-state index < -0.39 is 0 Å². The molecule has 1 aromatic rings. The van der Waals surface area contributed by atoms with Gasteiger partial charge in [-0.1, -0.05) is 0 Å². The van der Waals surface area contributed by atoms with Crippen LogP contribution in [0.4, 0.5) is 5.69 Å². The van der Waals surface area contributed by atoms with Crippen LogP contribution in [0.2, 0.25) is 0 Å². The number of aliphatic hydroxyl groups is 1. The van der Waals surface area contributed by atoms with Gasteiger partial charge in [0.05, 0.1) is 21.3 Å². The topological polar surface area (TPSA) is 60.0 Å². The van der Waals surface area contributed by atoms with Crippen LogP contribution in [0.5, 0.6) is 17.2 Å². The number of hydrogen-bond donors (Lipinski definition) is 2. The van der Waals surface area contributed by atoms with Crippen molar-refractivity contribution in [2.24, 2.45) is 0 Å². The van der Waals surface area contributed by atoms with E-state index in [1.807, 2.05) is 0 Å². The number of hydrogen-bond acceptors (Lipinski definition) is 5. The summed E-state index contributed by atoms with van der Waals surface area (Å²) in [6.07, 6.45) is 0. The molecule has 0 saturated heterocycles. The average molecular weight is 213 g/mol. The maximum atomic E-state index is 8.75. The fraction of sp³-hybridized carbons (Fsp3) is 0.400. The molecular weight excluding hydrogens is 198 g/mol. The fourth-order valence-electron chi connectivity index (χ4n) is 1.27. The molecule has 0 atom stereocenters. The molecule has 0 aliphatic heterocycles. The van der Waals surface area contributed by atoms with Gasteiger partial charge in [0.1, 0.15) is 6.73 Å². The third kappa shape index (κ3) is 2.44. The molecule has 0 amide bonds. The SMILES string of the molecule is COc1cc(NCO)cc(OC)c1OC. The molecule has 0 aromatic heterocycles. The van der Waals surface area contributed by atoms with Crippen molar-refractivity contribution in [3.63, 3.8) is 0 Å². The Bertz CT molecular complexity index is 302. The lowest BCUT2D eigenvalue weighted by molar-refractivity contribution is 0.320. The van der Waals surface area contributed by atoms with Crippen molar-refractivity contribution in [2.45, 2.75) is 0 Å². The van der Waals surface area contributed by atoms with Gasteiger partial charge in [-0.2, -0.15) is 0 Å². The maximum absolute atomic E-state index is 8.75. The van der Waals surface area contributed by atoms with E-state index in [0.29, 0.717) is 22.9 Å². The molecule has 5 heteroatoms. The molecule has 0 heterocycles. The largest absolute Gasteiger partial charge is 0.493 e. The normalized spacial score (nSPS) is 9.60. The molecule has 2 N–H and O–H groups in total. The van der Waals surface area contributed by atoms with E-state index >= 15 is 0 Å². The molecular formula is C10H15NO4. The second kappa shape index (κ2) is 5.31. The average Bonchev–Trinajstić information content (AvgIpc) is 2.28. The van der Waals surface area contributed by atoms with Crippen molar-refractivity contribution in [1.29, 1.82) is 0 Å². The molecule has 0 radical (unpaired) electrons. The van der Waals surface area contributed by atoms with E-state index in [1.165, 1.54) is 0 Å². The summed E-state index contributed by atoms with van der Waals surface area (Å²) < 4.78 is 15.4. The Balaban J connectivity index is 3.16. The lowest BCUT2D eigenvalue weighted by Gasteiger charge is -2.14. The molecule has 0 spiro atoms. The van der Waals surface area contributed by atoms with Crippen molar-refractivity contribution in [2.75, 3.05) is 33.4 Å². The van der Waals surface area contributed by atoms with Crippen LogP contribution in [0.15, 0.2) is 12.1 Å². The second-order valence-electron chi connectivity index (χ2n) is 2.75. The zero-order valence-corrected chi connectivity index (χ0v) is 9.03. The number of anilines is 1. The van der Waals surface area contributed by atoms with Crippen molar-refractivity contribution in [3.8, 4) is 17.2 Å². The molecule has 0 saturated carbocycles. The van der Waals surface area contributed by atoms with Crippen LogP contribution in [0.25, 0.3) is 0 Å². The minimum Gasteiger partial charge on any atom is -0.493 e. The van der Waals surface area contributed by atoms with E-state index in [9.17, 15) is 0 Å². The number of methoxy groups -OCH3 is 3. The summed E-state index contributed by atoms with van der Waals surface area (Å²) in [5, 5.41) is 11.5. The molecule has 15 heavy (non-hydrogen) atoms. The molecule has 0 unspecified atom stereocenters. The molecule has 1 rings (SSSR count). The number of ether oxygens (including phenoxy) is 3. The van der Waals surface area contributed by atoms with Crippen molar-refractivity contribution in [1.82, 2.24) is 0 Å². The zero-order chi connectivity index (χ0) is 11.3. The summed E-state index contributed by atoms with van der Waals surface area (Å²) in [5.41, 5.74) is 0.701. The van der Waals surface area contributed by atoms with Crippen LogP contribution in [0.1, 0.15) is 0 Å². The van der Waals surface area contributed by atoms with Gasteiger partial charge in [0, 0.05) is 17.8 Å². The summed E-state index contributed by atoms with van der Waals surface area (Å²) in [5.74, 6) is 1.63. The van der Waals surface area contributed by atoms with Crippen molar-refractivity contribution < 1.29 is 19.3 Å². The van der Waals surface area contributed by atoms with Crippen LogP contribution >= 0.6 is 0 Å². The molecule has 5 nitrogen and oxygen atoms in total. The Morgan fingerprint density at radius 2 is 1.60 bits per heavy atom. The van der Waals surface area contributed by atoms with Crippen LogP contribution in [0.3, 0.4) is 0 Å². The highest BCUT2D eigenvalue weighted by molar-refractivity contribution is 5.62. The van der Waals surface area contributed by atoms with E-state index in [0.717, 1.165) is 0 Å². The first kappa shape index (κ1) is 11.5. The van der Waals surface area contributed by atoms with Crippen LogP contribution < -0.4 is 19.5 Å². The first-order valence-electron chi connectivity index (χ1n) is 4.41. The third-order valence-corrected chi connectivity index (χ3v) is 1.95. The molecule has 84 valence electrons. The summed E-state index contributed by atoms with van der Waals surface area (Å²) >= 11 is 0. The van der Waals surface area contributed by atoms with Gasteiger partial charge in [0.15, 0.2) is 11.5 Å². The lowest BCUT2D eigenvalue weighted by atomic mass is 10.2. The molecule has 0 aliphatic rings. The highest BCUT2D eigenvalue weighted by Crippen LogP contribution is 2.39. The Labute approximate surface area is 88.6 Å². The van der Waals surface area contributed by atoms with Gasteiger partial charge in [-0.05, 0) is 0 Å². The van der Waals surface area contributed by atoms with Gasteiger partial charge >= 0.3 is 0 Å². The maximum Gasteiger partial charge on any atom is 0.203 e. The fourth-order valence-corrected chi connectivity index (χ4v) is 1.27. The number of nitrogens with one attached hydrogen (secondary N) is 1. The Morgan fingerprint density at radius 3 is 1.93 bits per heavy atom. The summed E-state index contributed by atoms with van der Waals surface area (Å²) in [6.45, 7) is -0.154. The van der Waals surface area contributed by atoms with E-state index in [-0.39, 0.29) is 6.73 Å². The molecule has 0 fully saturated rings. The second-order valence-corrected chi connectivity index (χ2v) is 2.75. The van der Waals surface area contributed by atoms with E-state index in [1.54, 1.807) is 33.5 Å². The summed E-state index contributed by atoms with van der Waals surface area (Å²) in [4.78, 5) is 0.